The highest BCUT2D eigenvalue weighted by Crippen LogP contribution is 2.35. The minimum absolute atomic E-state index is 0.276. The van der Waals surface area contributed by atoms with Gasteiger partial charge in [-0.15, -0.1) is 0 Å². The van der Waals surface area contributed by atoms with Crippen LogP contribution in [0.5, 0.6) is 0 Å². The van der Waals surface area contributed by atoms with Crippen LogP contribution in [0, 0.1) is 17.3 Å². The summed E-state index contributed by atoms with van der Waals surface area (Å²) >= 11 is 0. The van der Waals surface area contributed by atoms with Gasteiger partial charge in [-0.2, -0.15) is 0 Å². The fourth-order valence-corrected chi connectivity index (χ4v) is 3.36. The van der Waals surface area contributed by atoms with Gasteiger partial charge in [0.25, 0.3) is 0 Å². The predicted octanol–water partition coefficient (Wildman–Crippen LogP) is 3.17. The quantitative estimate of drug-likeness (QED) is 0.747. The molecule has 2 heteroatoms. The molecule has 1 aliphatic heterocycles. The van der Waals surface area contributed by atoms with E-state index in [9.17, 15) is 0 Å². The van der Waals surface area contributed by atoms with Crippen LogP contribution in [-0.4, -0.2) is 37.7 Å². The van der Waals surface area contributed by atoms with Crippen molar-refractivity contribution in [2.75, 3.05) is 26.7 Å². The summed E-state index contributed by atoms with van der Waals surface area (Å²) in [7, 11) is 1.88. The fourth-order valence-electron chi connectivity index (χ4n) is 3.36. The molecule has 0 aromatic carbocycles. The maximum absolute atomic E-state index is 5.76. The molecule has 0 N–H and O–H groups in total. The Kier molecular flexibility index (Phi) is 4.14. The van der Waals surface area contributed by atoms with Crippen LogP contribution in [-0.2, 0) is 4.74 Å². The molecule has 17 heavy (non-hydrogen) atoms. The van der Waals surface area contributed by atoms with Crippen LogP contribution < -0.4 is 0 Å². The topological polar surface area (TPSA) is 12.5 Å². The van der Waals surface area contributed by atoms with Crippen molar-refractivity contribution in [2.45, 2.75) is 52.6 Å². The van der Waals surface area contributed by atoms with Crippen molar-refractivity contribution >= 4 is 0 Å². The Morgan fingerprint density at radius 1 is 1.12 bits per heavy atom. The lowest BCUT2D eigenvalue weighted by Gasteiger charge is -2.40. The van der Waals surface area contributed by atoms with Crippen molar-refractivity contribution in [1.29, 1.82) is 0 Å². The minimum atomic E-state index is 0.276. The van der Waals surface area contributed by atoms with E-state index in [1.807, 2.05) is 7.11 Å². The van der Waals surface area contributed by atoms with Crippen LogP contribution >= 0.6 is 0 Å². The lowest BCUT2D eigenvalue weighted by molar-refractivity contribution is -0.0451. The van der Waals surface area contributed by atoms with Gasteiger partial charge in [-0.1, -0.05) is 20.8 Å². The van der Waals surface area contributed by atoms with E-state index < -0.39 is 0 Å². The van der Waals surface area contributed by atoms with Gasteiger partial charge in [0.05, 0.1) is 6.10 Å². The zero-order valence-electron chi connectivity index (χ0n) is 12.0. The van der Waals surface area contributed by atoms with Crippen molar-refractivity contribution in [3.8, 4) is 0 Å². The molecular formula is C15H29NO. The summed E-state index contributed by atoms with van der Waals surface area (Å²) in [4.78, 5) is 2.67. The molecule has 0 radical (unpaired) electrons. The monoisotopic (exact) mass is 239 g/mol. The normalized spacial score (nSPS) is 26.1. The molecule has 0 bridgehead atoms. The second-order valence-electron chi connectivity index (χ2n) is 7.10. The third-order valence-electron chi connectivity index (χ3n) is 4.38. The molecule has 100 valence electrons. The summed E-state index contributed by atoms with van der Waals surface area (Å²) in [5, 5.41) is 0. The van der Waals surface area contributed by atoms with Gasteiger partial charge in [0, 0.05) is 13.7 Å². The van der Waals surface area contributed by atoms with Crippen LogP contribution in [0.2, 0.25) is 0 Å². The summed E-state index contributed by atoms with van der Waals surface area (Å²) in [6.07, 6.45) is 6.02. The maximum Gasteiger partial charge on any atom is 0.0648 e. The Morgan fingerprint density at radius 2 is 1.71 bits per heavy atom. The average molecular weight is 239 g/mol. The second-order valence-corrected chi connectivity index (χ2v) is 7.10. The van der Waals surface area contributed by atoms with E-state index in [-0.39, 0.29) is 5.41 Å². The van der Waals surface area contributed by atoms with E-state index in [1.54, 1.807) is 0 Å². The third kappa shape index (κ3) is 3.69. The van der Waals surface area contributed by atoms with Crippen LogP contribution in [0.4, 0.5) is 0 Å². The zero-order chi connectivity index (χ0) is 12.5. The number of ether oxygens (including phenoxy) is 1. The molecule has 0 amide bonds. The highest BCUT2D eigenvalue weighted by atomic mass is 16.5. The summed E-state index contributed by atoms with van der Waals surface area (Å²) in [6, 6.07) is 0. The number of piperidine rings is 1. The Morgan fingerprint density at radius 3 is 2.12 bits per heavy atom. The van der Waals surface area contributed by atoms with Gasteiger partial charge in [0.1, 0.15) is 0 Å². The summed E-state index contributed by atoms with van der Waals surface area (Å²) in [5.41, 5.74) is 0.276. The Labute approximate surface area is 107 Å². The van der Waals surface area contributed by atoms with Crippen molar-refractivity contribution in [1.82, 2.24) is 4.90 Å². The third-order valence-corrected chi connectivity index (χ3v) is 4.38. The molecule has 1 unspecified atom stereocenters. The van der Waals surface area contributed by atoms with Crippen LogP contribution in [0.3, 0.4) is 0 Å². The first-order valence-corrected chi connectivity index (χ1v) is 7.26. The molecule has 0 aromatic rings. The number of methoxy groups -OCH3 is 1. The van der Waals surface area contributed by atoms with Gasteiger partial charge < -0.3 is 9.64 Å². The molecule has 1 saturated carbocycles. The molecule has 2 rings (SSSR count). The number of hydrogen-bond acceptors (Lipinski definition) is 2. The Bertz CT molecular complexity index is 234. The summed E-state index contributed by atoms with van der Waals surface area (Å²) in [5.74, 6) is 1.79. The predicted molar refractivity (Wildman–Crippen MR) is 72.1 cm³/mol. The van der Waals surface area contributed by atoms with Crippen molar-refractivity contribution < 1.29 is 4.74 Å². The molecule has 2 aliphatic rings. The molecule has 0 spiro atoms. The van der Waals surface area contributed by atoms with Crippen molar-refractivity contribution in [3.63, 3.8) is 0 Å². The minimum Gasteiger partial charge on any atom is -0.381 e. The molecule has 1 saturated heterocycles. The van der Waals surface area contributed by atoms with Crippen molar-refractivity contribution in [2.24, 2.45) is 17.3 Å². The molecule has 1 heterocycles. The Hall–Kier alpha value is -0.0800. The largest absolute Gasteiger partial charge is 0.381 e. The van der Waals surface area contributed by atoms with Gasteiger partial charge in [-0.3, -0.25) is 0 Å². The first-order valence-electron chi connectivity index (χ1n) is 7.26. The molecule has 1 aliphatic carbocycles. The average Bonchev–Trinajstić information content (AvgIpc) is 3.03. The van der Waals surface area contributed by atoms with Gasteiger partial charge in [-0.25, -0.2) is 0 Å². The molecule has 2 nitrogen and oxygen atoms in total. The molecule has 1 atom stereocenters. The van der Waals surface area contributed by atoms with Gasteiger partial charge in [0.15, 0.2) is 0 Å². The SMILES string of the molecule is COC(C1CCN(CC2CC2)CC1)C(C)(C)C. The smallest absolute Gasteiger partial charge is 0.0648 e. The first kappa shape index (κ1) is 13.4. The standard InChI is InChI=1S/C15H29NO/c1-15(2,3)14(17-4)13-7-9-16(10-8-13)11-12-5-6-12/h12-14H,5-11H2,1-4H3. The van der Waals surface area contributed by atoms with E-state index in [0.29, 0.717) is 6.10 Å². The van der Waals surface area contributed by atoms with E-state index in [4.69, 9.17) is 4.74 Å². The molecule has 0 aromatic heterocycles. The number of likely N-dealkylation sites (tertiary alicyclic amines) is 1. The number of rotatable bonds is 4. The maximum atomic E-state index is 5.76. The van der Waals surface area contributed by atoms with Gasteiger partial charge >= 0.3 is 0 Å². The van der Waals surface area contributed by atoms with Crippen LogP contribution in [0.1, 0.15) is 46.5 Å². The fraction of sp³-hybridized carbons (Fsp3) is 1.00. The molecular weight excluding hydrogens is 210 g/mol. The summed E-state index contributed by atoms with van der Waals surface area (Å²) in [6.45, 7) is 10.8. The zero-order valence-corrected chi connectivity index (χ0v) is 12.0. The lowest BCUT2D eigenvalue weighted by Crippen LogP contribution is -2.43. The van der Waals surface area contributed by atoms with Gasteiger partial charge in [-0.05, 0) is 56.0 Å². The van der Waals surface area contributed by atoms with E-state index in [0.717, 1.165) is 11.8 Å². The van der Waals surface area contributed by atoms with E-state index >= 15 is 0 Å². The van der Waals surface area contributed by atoms with Gasteiger partial charge in [0.2, 0.25) is 0 Å². The number of hydrogen-bond donors (Lipinski definition) is 0. The summed E-state index contributed by atoms with van der Waals surface area (Å²) < 4.78 is 5.76. The lowest BCUT2D eigenvalue weighted by atomic mass is 9.77. The van der Waals surface area contributed by atoms with E-state index in [1.165, 1.54) is 45.3 Å². The highest BCUT2D eigenvalue weighted by Gasteiger charge is 2.35. The highest BCUT2D eigenvalue weighted by molar-refractivity contribution is 4.87. The van der Waals surface area contributed by atoms with Crippen LogP contribution in [0.15, 0.2) is 0 Å². The molecule has 2 fully saturated rings. The van der Waals surface area contributed by atoms with E-state index in [2.05, 4.69) is 25.7 Å². The Balaban J connectivity index is 1.80. The first-order chi connectivity index (χ1) is 8.00. The number of nitrogens with zero attached hydrogens (tertiary/aromatic N) is 1. The van der Waals surface area contributed by atoms with Crippen LogP contribution in [0.25, 0.3) is 0 Å². The van der Waals surface area contributed by atoms with Crippen molar-refractivity contribution in [3.05, 3.63) is 0 Å². The second kappa shape index (κ2) is 5.27.